The second-order valence-electron chi connectivity index (χ2n) is 5.93. The lowest BCUT2D eigenvalue weighted by molar-refractivity contribution is -0.385. The van der Waals surface area contributed by atoms with Crippen LogP contribution in [0, 0.1) is 17.0 Å². The highest BCUT2D eigenvalue weighted by molar-refractivity contribution is 5.52. The van der Waals surface area contributed by atoms with Crippen LogP contribution in [0.1, 0.15) is 17.0 Å². The maximum atomic E-state index is 11.1. The summed E-state index contributed by atoms with van der Waals surface area (Å²) in [7, 11) is 1.85. The minimum atomic E-state index is -0.370. The van der Waals surface area contributed by atoms with Crippen LogP contribution in [0.15, 0.2) is 52.9 Å². The first-order chi connectivity index (χ1) is 12.0. The van der Waals surface area contributed by atoms with Crippen LogP contribution in [-0.2, 0) is 13.1 Å². The summed E-state index contributed by atoms with van der Waals surface area (Å²) in [6.45, 7) is 2.84. The van der Waals surface area contributed by atoms with E-state index in [0.29, 0.717) is 30.4 Å². The van der Waals surface area contributed by atoms with E-state index in [4.69, 9.17) is 4.42 Å². The van der Waals surface area contributed by atoms with Gasteiger partial charge in [-0.15, -0.1) is 10.2 Å². The van der Waals surface area contributed by atoms with Gasteiger partial charge >= 0.3 is 0 Å². The van der Waals surface area contributed by atoms with E-state index < -0.39 is 0 Å². The van der Waals surface area contributed by atoms with Crippen molar-refractivity contribution in [3.8, 4) is 11.5 Å². The number of aromatic nitrogens is 2. The van der Waals surface area contributed by atoms with Crippen LogP contribution < -0.4 is 0 Å². The molecule has 0 aliphatic rings. The molecule has 0 bridgehead atoms. The molecule has 0 N–H and O–H groups in total. The summed E-state index contributed by atoms with van der Waals surface area (Å²) in [5.41, 5.74) is 2.78. The Morgan fingerprint density at radius 2 is 1.80 bits per heavy atom. The number of hydrogen-bond acceptors (Lipinski definition) is 6. The van der Waals surface area contributed by atoms with Gasteiger partial charge < -0.3 is 4.42 Å². The molecule has 0 aliphatic heterocycles. The fourth-order valence-corrected chi connectivity index (χ4v) is 2.53. The Hall–Kier alpha value is -3.06. The maximum absolute atomic E-state index is 11.1. The lowest BCUT2D eigenvalue weighted by Gasteiger charge is -2.14. The average molecular weight is 338 g/mol. The van der Waals surface area contributed by atoms with Crippen LogP contribution in [0.3, 0.4) is 0 Å². The second-order valence-corrected chi connectivity index (χ2v) is 5.93. The van der Waals surface area contributed by atoms with Gasteiger partial charge in [-0.2, -0.15) is 0 Å². The molecular formula is C18H18N4O3. The topological polar surface area (TPSA) is 85.3 Å². The van der Waals surface area contributed by atoms with Crippen LogP contribution in [0.4, 0.5) is 5.69 Å². The Labute approximate surface area is 145 Å². The molecule has 0 amide bonds. The van der Waals surface area contributed by atoms with Gasteiger partial charge in [0.25, 0.3) is 5.69 Å². The first-order valence-corrected chi connectivity index (χ1v) is 7.83. The zero-order valence-corrected chi connectivity index (χ0v) is 14.0. The molecule has 0 saturated carbocycles. The lowest BCUT2D eigenvalue weighted by Crippen LogP contribution is -2.18. The molecule has 0 fully saturated rings. The summed E-state index contributed by atoms with van der Waals surface area (Å²) in [4.78, 5) is 12.6. The summed E-state index contributed by atoms with van der Waals surface area (Å²) in [5.74, 6) is 0.936. The minimum absolute atomic E-state index is 0.111. The normalized spacial score (nSPS) is 11.0. The van der Waals surface area contributed by atoms with E-state index in [2.05, 4.69) is 10.2 Å². The summed E-state index contributed by atoms with van der Waals surface area (Å²) in [5, 5.41) is 19.2. The Morgan fingerprint density at radius 3 is 2.52 bits per heavy atom. The number of benzene rings is 2. The van der Waals surface area contributed by atoms with Crippen molar-refractivity contribution in [3.63, 3.8) is 0 Å². The molecule has 1 heterocycles. The van der Waals surface area contributed by atoms with Crippen LogP contribution >= 0.6 is 0 Å². The van der Waals surface area contributed by atoms with Crippen molar-refractivity contribution in [2.45, 2.75) is 20.0 Å². The molecule has 3 rings (SSSR count). The van der Waals surface area contributed by atoms with Gasteiger partial charge in [0.15, 0.2) is 0 Å². The van der Waals surface area contributed by atoms with Gasteiger partial charge in [-0.1, -0.05) is 35.9 Å². The molecule has 7 nitrogen and oxygen atoms in total. The molecule has 0 radical (unpaired) electrons. The van der Waals surface area contributed by atoms with Crippen molar-refractivity contribution in [1.82, 2.24) is 15.1 Å². The zero-order valence-electron chi connectivity index (χ0n) is 14.0. The van der Waals surface area contributed by atoms with E-state index in [1.807, 2.05) is 43.1 Å². The van der Waals surface area contributed by atoms with Gasteiger partial charge in [0.05, 0.1) is 11.5 Å². The Kier molecular flexibility index (Phi) is 4.85. The quantitative estimate of drug-likeness (QED) is 0.504. The molecule has 0 spiro atoms. The fourth-order valence-electron chi connectivity index (χ4n) is 2.53. The van der Waals surface area contributed by atoms with Crippen LogP contribution in [0.2, 0.25) is 0 Å². The Balaban J connectivity index is 1.69. The molecular weight excluding hydrogens is 320 g/mol. The average Bonchev–Trinajstić information content (AvgIpc) is 3.04. The van der Waals surface area contributed by atoms with Gasteiger partial charge in [0.2, 0.25) is 11.8 Å². The highest BCUT2D eigenvalue weighted by Gasteiger charge is 2.16. The van der Waals surface area contributed by atoms with Crippen LogP contribution in [0.25, 0.3) is 11.5 Å². The third-order valence-electron chi connectivity index (χ3n) is 3.80. The number of aryl methyl sites for hydroxylation is 1. The van der Waals surface area contributed by atoms with Gasteiger partial charge in [-0.05, 0) is 26.1 Å². The van der Waals surface area contributed by atoms with Gasteiger partial charge in [0, 0.05) is 23.7 Å². The van der Waals surface area contributed by atoms with E-state index in [1.54, 1.807) is 18.2 Å². The fraction of sp³-hybridized carbons (Fsp3) is 0.222. The second kappa shape index (κ2) is 7.23. The molecule has 0 atom stereocenters. The third kappa shape index (κ3) is 4.07. The minimum Gasteiger partial charge on any atom is -0.419 e. The molecule has 7 heteroatoms. The van der Waals surface area contributed by atoms with Crippen molar-refractivity contribution >= 4 is 5.69 Å². The molecule has 0 saturated heterocycles. The zero-order chi connectivity index (χ0) is 17.8. The van der Waals surface area contributed by atoms with Crippen molar-refractivity contribution in [2.75, 3.05) is 7.05 Å². The van der Waals surface area contributed by atoms with Gasteiger partial charge in [0.1, 0.15) is 0 Å². The molecule has 0 unspecified atom stereocenters. The highest BCUT2D eigenvalue weighted by Crippen LogP contribution is 2.21. The number of nitro groups is 1. The molecule has 3 aromatic rings. The monoisotopic (exact) mass is 338 g/mol. The molecule has 0 aliphatic carbocycles. The highest BCUT2D eigenvalue weighted by atomic mass is 16.6. The molecule has 2 aromatic carbocycles. The number of rotatable bonds is 6. The van der Waals surface area contributed by atoms with E-state index in [1.165, 1.54) is 6.07 Å². The summed E-state index contributed by atoms with van der Waals surface area (Å²) in [6.07, 6.45) is 0. The summed E-state index contributed by atoms with van der Waals surface area (Å²) < 4.78 is 5.70. The van der Waals surface area contributed by atoms with Gasteiger partial charge in [-0.3, -0.25) is 15.0 Å². The number of para-hydroxylation sites is 1. The smallest absolute Gasteiger partial charge is 0.273 e. The predicted octanol–water partition coefficient (Wildman–Crippen LogP) is 3.59. The van der Waals surface area contributed by atoms with E-state index in [-0.39, 0.29) is 10.6 Å². The molecule has 25 heavy (non-hydrogen) atoms. The van der Waals surface area contributed by atoms with E-state index >= 15 is 0 Å². The maximum Gasteiger partial charge on any atom is 0.273 e. The van der Waals surface area contributed by atoms with Crippen molar-refractivity contribution in [3.05, 3.63) is 75.7 Å². The Bertz CT molecular complexity index is 874. The van der Waals surface area contributed by atoms with Crippen LogP contribution in [0.5, 0.6) is 0 Å². The summed E-state index contributed by atoms with van der Waals surface area (Å²) >= 11 is 0. The van der Waals surface area contributed by atoms with Crippen molar-refractivity contribution in [2.24, 2.45) is 0 Å². The number of nitrogens with zero attached hydrogens (tertiary/aromatic N) is 4. The SMILES string of the molecule is Cc1ccc(-c2nnc(CN(C)Cc3ccccc3[N+](=O)[O-])o2)cc1. The van der Waals surface area contributed by atoms with Gasteiger partial charge in [-0.25, -0.2) is 0 Å². The first kappa shape index (κ1) is 16.8. The van der Waals surface area contributed by atoms with E-state index in [9.17, 15) is 10.1 Å². The lowest BCUT2D eigenvalue weighted by atomic mass is 10.1. The van der Waals surface area contributed by atoms with E-state index in [0.717, 1.165) is 11.1 Å². The largest absolute Gasteiger partial charge is 0.419 e. The number of hydrogen-bond donors (Lipinski definition) is 0. The molecule has 1 aromatic heterocycles. The standard InChI is InChI=1S/C18H18N4O3/c1-13-7-9-14(10-8-13)18-20-19-17(25-18)12-21(2)11-15-5-3-4-6-16(15)22(23)24/h3-10H,11-12H2,1-2H3. The third-order valence-corrected chi connectivity index (χ3v) is 3.80. The predicted molar refractivity (Wildman–Crippen MR) is 92.7 cm³/mol. The van der Waals surface area contributed by atoms with Crippen molar-refractivity contribution < 1.29 is 9.34 Å². The first-order valence-electron chi connectivity index (χ1n) is 7.83. The summed E-state index contributed by atoms with van der Waals surface area (Å²) in [6, 6.07) is 14.5. The van der Waals surface area contributed by atoms with Crippen LogP contribution in [-0.4, -0.2) is 27.1 Å². The Morgan fingerprint density at radius 1 is 1.08 bits per heavy atom. The van der Waals surface area contributed by atoms with Crippen molar-refractivity contribution in [1.29, 1.82) is 0 Å². The number of nitro benzene ring substituents is 1. The molecule has 128 valence electrons.